The number of halogens is 1. The summed E-state index contributed by atoms with van der Waals surface area (Å²) in [5, 5.41) is 9.56. The highest BCUT2D eigenvalue weighted by Gasteiger charge is 2.58. The summed E-state index contributed by atoms with van der Waals surface area (Å²) in [6.45, 7) is 1.20. The molecule has 1 fully saturated rings. The van der Waals surface area contributed by atoms with Gasteiger partial charge in [0, 0.05) is 0 Å². The van der Waals surface area contributed by atoms with Crippen LogP contribution in [-0.2, 0) is 4.79 Å². The zero-order valence-corrected chi connectivity index (χ0v) is 7.38. The van der Waals surface area contributed by atoms with Gasteiger partial charge in [0.1, 0.15) is 13.4 Å². The maximum Gasteiger partial charge on any atom is 0.247 e. The summed E-state index contributed by atoms with van der Waals surface area (Å²) in [7, 11) is 10.8. The average molecular weight is 181 g/mol. The molecule has 6 heteroatoms. The molecule has 0 spiro atoms. The first-order chi connectivity index (χ1) is 5.90. The van der Waals surface area contributed by atoms with Crippen LogP contribution in [0.3, 0.4) is 0 Å². The topological polar surface area (TPSA) is 49.3 Å². The van der Waals surface area contributed by atoms with E-state index in [0.29, 0.717) is 0 Å². The number of aliphatic hydroxyl groups is 1. The van der Waals surface area contributed by atoms with Gasteiger partial charge in [-0.1, -0.05) is 13.3 Å². The Morgan fingerprint density at radius 3 is 2.54 bits per heavy atom. The number of nitrogens with one attached hydrogen (secondary N) is 1. The largest absolute Gasteiger partial charge is 0.394 e. The first kappa shape index (κ1) is 10.6. The van der Waals surface area contributed by atoms with E-state index in [2.05, 4.69) is 5.32 Å². The molecule has 68 valence electrons. The number of hydrogen-bond acceptors (Lipinski definition) is 2. The molecular formula is C7H10B2FNO2. The predicted octanol–water partition coefficient (Wildman–Crippen LogP) is -0.951. The predicted molar refractivity (Wildman–Crippen MR) is 47.3 cm³/mol. The van der Waals surface area contributed by atoms with Crippen molar-refractivity contribution < 1.29 is 14.3 Å². The highest BCUT2D eigenvalue weighted by atomic mass is 19.1. The van der Waals surface area contributed by atoms with Crippen molar-refractivity contribution in [1.82, 2.24) is 5.32 Å². The molecule has 1 rings (SSSR count). The summed E-state index contributed by atoms with van der Waals surface area (Å²) < 4.78 is 13.6. The molecule has 0 aliphatic carbocycles. The summed E-state index contributed by atoms with van der Waals surface area (Å²) in [5.74, 6) is -0.962. The standard InChI is InChI=1S/C7H10B2FNO2/c1-2-6(8)4(3-12)11-5(13)7(6,9)10/h4,12H,2-3H2,1H3,(H,11,13)/t4-,6-,7-/m1/s1. The maximum absolute atomic E-state index is 13.6. The van der Waals surface area contributed by atoms with Crippen LogP contribution in [0.1, 0.15) is 13.3 Å². The summed E-state index contributed by atoms with van der Waals surface area (Å²) in [4.78, 5) is 11.0. The van der Waals surface area contributed by atoms with Gasteiger partial charge in [-0.2, -0.15) is 0 Å². The van der Waals surface area contributed by atoms with Crippen molar-refractivity contribution in [3.63, 3.8) is 0 Å². The summed E-state index contributed by atoms with van der Waals surface area (Å²) in [5.41, 5.74) is -2.60. The Morgan fingerprint density at radius 2 is 2.23 bits per heavy atom. The monoisotopic (exact) mass is 181 g/mol. The Morgan fingerprint density at radius 1 is 1.69 bits per heavy atom. The Hall–Kier alpha value is -0.510. The van der Waals surface area contributed by atoms with Crippen molar-refractivity contribution in [2.75, 3.05) is 6.61 Å². The lowest BCUT2D eigenvalue weighted by Crippen LogP contribution is -2.44. The minimum Gasteiger partial charge on any atom is -0.394 e. The van der Waals surface area contributed by atoms with Crippen LogP contribution in [0.25, 0.3) is 0 Å². The van der Waals surface area contributed by atoms with Gasteiger partial charge >= 0.3 is 0 Å². The lowest BCUT2D eigenvalue weighted by atomic mass is 9.49. The fourth-order valence-electron chi connectivity index (χ4n) is 1.57. The average Bonchev–Trinajstić information content (AvgIpc) is 2.26. The van der Waals surface area contributed by atoms with Gasteiger partial charge < -0.3 is 10.4 Å². The number of hydrogen-bond donors (Lipinski definition) is 2. The van der Waals surface area contributed by atoms with Gasteiger partial charge in [-0.15, -0.1) is 0 Å². The highest BCUT2D eigenvalue weighted by molar-refractivity contribution is 6.37. The van der Waals surface area contributed by atoms with Crippen molar-refractivity contribution >= 4 is 21.6 Å². The van der Waals surface area contributed by atoms with Gasteiger partial charge in [0.2, 0.25) is 5.91 Å². The molecule has 2 N–H and O–H groups in total. The third kappa shape index (κ3) is 1.19. The first-order valence-corrected chi connectivity index (χ1v) is 4.08. The minimum atomic E-state index is -2.60. The van der Waals surface area contributed by atoms with Gasteiger partial charge in [0.25, 0.3) is 0 Å². The molecule has 3 nitrogen and oxygen atoms in total. The van der Waals surface area contributed by atoms with E-state index in [1.54, 1.807) is 6.92 Å². The molecule has 1 aliphatic heterocycles. The van der Waals surface area contributed by atoms with Crippen LogP contribution >= 0.6 is 0 Å². The minimum absolute atomic E-state index is 0.171. The Bertz CT molecular complexity index is 237. The van der Waals surface area contributed by atoms with E-state index >= 15 is 0 Å². The second-order valence-corrected chi connectivity index (χ2v) is 3.31. The summed E-state index contributed by atoms with van der Waals surface area (Å²) >= 11 is 0. The van der Waals surface area contributed by atoms with Crippen molar-refractivity contribution in [2.45, 2.75) is 30.3 Å². The molecule has 1 heterocycles. The van der Waals surface area contributed by atoms with Crippen LogP contribution in [0.4, 0.5) is 4.39 Å². The maximum atomic E-state index is 13.6. The van der Waals surface area contributed by atoms with Gasteiger partial charge in [-0.05, 0) is 5.31 Å². The van der Waals surface area contributed by atoms with E-state index in [0.717, 1.165) is 0 Å². The molecule has 4 radical (unpaired) electrons. The Kier molecular flexibility index (Phi) is 2.45. The van der Waals surface area contributed by atoms with Crippen LogP contribution in [0.5, 0.6) is 0 Å². The van der Waals surface area contributed by atoms with Crippen molar-refractivity contribution in [3.05, 3.63) is 0 Å². The van der Waals surface area contributed by atoms with E-state index in [1.807, 2.05) is 0 Å². The van der Waals surface area contributed by atoms with E-state index < -0.39 is 29.4 Å². The van der Waals surface area contributed by atoms with Crippen LogP contribution in [0, 0.1) is 0 Å². The number of rotatable bonds is 2. The zero-order chi connectivity index (χ0) is 10.3. The van der Waals surface area contributed by atoms with Crippen LogP contribution < -0.4 is 5.32 Å². The number of alkyl halides is 1. The number of carbonyl (C=O) groups is 1. The number of aliphatic hydroxyl groups excluding tert-OH is 1. The van der Waals surface area contributed by atoms with Crippen molar-refractivity contribution in [2.24, 2.45) is 0 Å². The van der Waals surface area contributed by atoms with Gasteiger partial charge in [0.05, 0.1) is 20.5 Å². The van der Waals surface area contributed by atoms with Crippen molar-refractivity contribution in [3.8, 4) is 0 Å². The fraction of sp³-hybridized carbons (Fsp3) is 0.857. The highest BCUT2D eigenvalue weighted by Crippen LogP contribution is 2.47. The molecule has 1 aliphatic rings. The fourth-order valence-corrected chi connectivity index (χ4v) is 1.57. The molecule has 0 aromatic heterocycles. The normalized spacial score (nSPS) is 44.8. The van der Waals surface area contributed by atoms with Gasteiger partial charge in [-0.25, -0.2) is 4.39 Å². The van der Waals surface area contributed by atoms with Gasteiger partial charge in [-0.3, -0.25) is 4.79 Å². The molecule has 1 amide bonds. The third-order valence-corrected chi connectivity index (χ3v) is 2.70. The quantitative estimate of drug-likeness (QED) is 0.539. The Balaban J connectivity index is 3.06. The third-order valence-electron chi connectivity index (χ3n) is 2.70. The number of amides is 1. The van der Waals surface area contributed by atoms with Crippen LogP contribution in [0.2, 0.25) is 5.31 Å². The molecule has 0 aromatic rings. The molecule has 13 heavy (non-hydrogen) atoms. The summed E-state index contributed by atoms with van der Waals surface area (Å²) in [6, 6.07) is -0.819. The zero-order valence-electron chi connectivity index (χ0n) is 7.38. The van der Waals surface area contributed by atoms with Crippen molar-refractivity contribution in [1.29, 1.82) is 0 Å². The first-order valence-electron chi connectivity index (χ1n) is 4.08. The Labute approximate surface area is 78.9 Å². The van der Waals surface area contributed by atoms with Crippen LogP contribution in [-0.4, -0.2) is 44.9 Å². The second kappa shape index (κ2) is 3.01. The number of carbonyl (C=O) groups excluding carboxylic acids is 1. The molecule has 0 aromatic carbocycles. The molecule has 0 unspecified atom stereocenters. The van der Waals surface area contributed by atoms with Crippen LogP contribution in [0.15, 0.2) is 0 Å². The van der Waals surface area contributed by atoms with E-state index in [1.165, 1.54) is 0 Å². The molecule has 0 bridgehead atoms. The lowest BCUT2D eigenvalue weighted by molar-refractivity contribution is -0.125. The second-order valence-electron chi connectivity index (χ2n) is 3.31. The molecule has 3 atom stereocenters. The SMILES string of the molecule is [B][C@]1(CC)[C@@H](CO)NC(=O)[C@@]1([B])F. The summed E-state index contributed by atoms with van der Waals surface area (Å²) in [6.07, 6.45) is 0.171. The van der Waals surface area contributed by atoms with E-state index in [-0.39, 0.29) is 6.42 Å². The lowest BCUT2D eigenvalue weighted by Gasteiger charge is -2.35. The molecule has 0 saturated carbocycles. The molecule has 1 saturated heterocycles. The van der Waals surface area contributed by atoms with Gasteiger partial charge in [0.15, 0.2) is 0 Å². The van der Waals surface area contributed by atoms with E-state index in [9.17, 15) is 9.18 Å². The van der Waals surface area contributed by atoms with E-state index in [4.69, 9.17) is 20.8 Å². The molecular weight excluding hydrogens is 171 g/mol. The smallest absolute Gasteiger partial charge is 0.247 e.